The summed E-state index contributed by atoms with van der Waals surface area (Å²) in [7, 11) is 0. The van der Waals surface area contributed by atoms with Crippen molar-refractivity contribution in [2.24, 2.45) is 5.73 Å². The molecule has 2 aromatic heterocycles. The molecular formula is C12H9NO4. The molecule has 0 saturated heterocycles. The summed E-state index contributed by atoms with van der Waals surface area (Å²) >= 11 is 0. The van der Waals surface area contributed by atoms with Gasteiger partial charge in [-0.1, -0.05) is 0 Å². The van der Waals surface area contributed by atoms with Gasteiger partial charge in [0.15, 0.2) is 11.5 Å². The topological polar surface area (TPSA) is 86.4 Å². The van der Waals surface area contributed by atoms with Gasteiger partial charge < -0.3 is 14.6 Å². The zero-order valence-corrected chi connectivity index (χ0v) is 8.75. The molecule has 5 nitrogen and oxygen atoms in total. The van der Waals surface area contributed by atoms with Gasteiger partial charge in [0.05, 0.1) is 6.26 Å². The summed E-state index contributed by atoms with van der Waals surface area (Å²) in [5.74, 6) is -0.272. The number of hydrogen-bond acceptors (Lipinski definition) is 4. The molecule has 2 aromatic rings. The number of carbonyl (C=O) groups is 2. The Morgan fingerprint density at radius 3 is 2.59 bits per heavy atom. The Kier molecular flexibility index (Phi) is 2.91. The van der Waals surface area contributed by atoms with Gasteiger partial charge in [-0.25, -0.2) is 0 Å². The highest BCUT2D eigenvalue weighted by Gasteiger charge is 2.07. The third kappa shape index (κ3) is 2.52. The summed E-state index contributed by atoms with van der Waals surface area (Å²) in [6.07, 6.45) is 4.15. The van der Waals surface area contributed by atoms with E-state index in [0.717, 1.165) is 0 Å². The summed E-state index contributed by atoms with van der Waals surface area (Å²) in [5, 5.41) is 0. The number of primary amides is 1. The number of allylic oxidation sites excluding steroid dienone is 1. The van der Waals surface area contributed by atoms with E-state index in [4.69, 9.17) is 14.6 Å². The van der Waals surface area contributed by atoms with Crippen LogP contribution in [-0.4, -0.2) is 11.7 Å². The monoisotopic (exact) mass is 231 g/mol. The Bertz CT molecular complexity index is 563. The highest BCUT2D eigenvalue weighted by Crippen LogP contribution is 2.10. The normalized spacial score (nSPS) is 10.8. The van der Waals surface area contributed by atoms with E-state index in [0.29, 0.717) is 5.76 Å². The van der Waals surface area contributed by atoms with Crippen molar-refractivity contribution in [1.29, 1.82) is 0 Å². The van der Waals surface area contributed by atoms with E-state index in [1.807, 2.05) is 0 Å². The average molecular weight is 231 g/mol. The molecule has 0 spiro atoms. The van der Waals surface area contributed by atoms with Crippen LogP contribution in [0, 0.1) is 0 Å². The summed E-state index contributed by atoms with van der Waals surface area (Å²) in [4.78, 5) is 22.3. The van der Waals surface area contributed by atoms with Crippen LogP contribution in [0.4, 0.5) is 0 Å². The van der Waals surface area contributed by atoms with Gasteiger partial charge in [0.2, 0.25) is 5.78 Å². The molecule has 0 aliphatic rings. The lowest BCUT2D eigenvalue weighted by atomic mass is 10.2. The van der Waals surface area contributed by atoms with Crippen LogP contribution in [0.25, 0.3) is 6.08 Å². The number of rotatable bonds is 4. The maximum absolute atomic E-state index is 11.5. The van der Waals surface area contributed by atoms with Gasteiger partial charge in [0, 0.05) is 0 Å². The van der Waals surface area contributed by atoms with Crippen LogP contribution < -0.4 is 5.73 Å². The van der Waals surface area contributed by atoms with Crippen LogP contribution in [0.5, 0.6) is 0 Å². The lowest BCUT2D eigenvalue weighted by molar-refractivity contribution is 0.0973. The third-order valence-corrected chi connectivity index (χ3v) is 2.03. The molecule has 2 heterocycles. The Balaban J connectivity index is 2.10. The van der Waals surface area contributed by atoms with Gasteiger partial charge in [-0.15, -0.1) is 0 Å². The molecule has 2 rings (SSSR count). The second-order valence-electron chi connectivity index (χ2n) is 3.24. The molecule has 0 bridgehead atoms. The fourth-order valence-electron chi connectivity index (χ4n) is 1.23. The number of nitrogens with two attached hydrogens (primary N) is 1. The van der Waals surface area contributed by atoms with E-state index in [9.17, 15) is 9.59 Å². The fourth-order valence-corrected chi connectivity index (χ4v) is 1.23. The van der Waals surface area contributed by atoms with Crippen LogP contribution in [0.1, 0.15) is 26.9 Å². The number of hydrogen-bond donors (Lipinski definition) is 1. The molecule has 1 amide bonds. The second kappa shape index (κ2) is 4.52. The Labute approximate surface area is 96.5 Å². The molecule has 0 atom stereocenters. The van der Waals surface area contributed by atoms with Gasteiger partial charge in [-0.2, -0.15) is 0 Å². The Morgan fingerprint density at radius 2 is 2.00 bits per heavy atom. The lowest BCUT2D eigenvalue weighted by Crippen LogP contribution is -2.09. The molecule has 5 heteroatoms. The number of ketones is 1. The first-order valence-electron chi connectivity index (χ1n) is 4.82. The summed E-state index contributed by atoms with van der Waals surface area (Å²) < 4.78 is 9.99. The minimum atomic E-state index is -0.651. The van der Waals surface area contributed by atoms with Crippen molar-refractivity contribution >= 4 is 17.8 Å². The first-order valence-corrected chi connectivity index (χ1v) is 4.82. The predicted octanol–water partition coefficient (Wildman–Crippen LogP) is 1.87. The van der Waals surface area contributed by atoms with Gasteiger partial charge in [-0.3, -0.25) is 9.59 Å². The number of furan rings is 2. The maximum Gasteiger partial charge on any atom is 0.284 e. The highest BCUT2D eigenvalue weighted by molar-refractivity contribution is 6.04. The van der Waals surface area contributed by atoms with Crippen molar-refractivity contribution in [2.75, 3.05) is 0 Å². The van der Waals surface area contributed by atoms with Crippen molar-refractivity contribution < 1.29 is 18.4 Å². The van der Waals surface area contributed by atoms with Gasteiger partial charge in [-0.05, 0) is 36.4 Å². The summed E-state index contributed by atoms with van der Waals surface area (Å²) in [5.41, 5.74) is 5.02. The molecule has 0 saturated carbocycles. The van der Waals surface area contributed by atoms with Crippen molar-refractivity contribution in [3.63, 3.8) is 0 Å². The van der Waals surface area contributed by atoms with Crippen molar-refractivity contribution in [3.8, 4) is 0 Å². The van der Waals surface area contributed by atoms with E-state index in [1.165, 1.54) is 24.5 Å². The zero-order valence-electron chi connectivity index (χ0n) is 8.75. The van der Waals surface area contributed by atoms with Crippen LogP contribution >= 0.6 is 0 Å². The molecule has 0 unspecified atom stereocenters. The minimum absolute atomic E-state index is 0.0510. The first kappa shape index (κ1) is 10.9. The van der Waals surface area contributed by atoms with Crippen molar-refractivity contribution in [3.05, 3.63) is 53.9 Å². The van der Waals surface area contributed by atoms with E-state index in [-0.39, 0.29) is 17.3 Å². The predicted molar refractivity (Wildman–Crippen MR) is 59.3 cm³/mol. The molecule has 0 aromatic carbocycles. The van der Waals surface area contributed by atoms with E-state index >= 15 is 0 Å². The zero-order chi connectivity index (χ0) is 12.3. The molecular weight excluding hydrogens is 222 g/mol. The molecule has 0 fully saturated rings. The molecule has 86 valence electrons. The fraction of sp³-hybridized carbons (Fsp3) is 0. The van der Waals surface area contributed by atoms with Gasteiger partial charge in [0.1, 0.15) is 5.76 Å². The largest absolute Gasteiger partial charge is 0.461 e. The Morgan fingerprint density at radius 1 is 1.18 bits per heavy atom. The SMILES string of the molecule is NC(=O)c1ccc(C=CC(=O)c2ccco2)o1. The van der Waals surface area contributed by atoms with E-state index in [1.54, 1.807) is 18.2 Å². The quantitative estimate of drug-likeness (QED) is 0.642. The van der Waals surface area contributed by atoms with Crippen LogP contribution in [0.3, 0.4) is 0 Å². The van der Waals surface area contributed by atoms with Crippen molar-refractivity contribution in [2.45, 2.75) is 0 Å². The molecule has 17 heavy (non-hydrogen) atoms. The van der Waals surface area contributed by atoms with Crippen molar-refractivity contribution in [1.82, 2.24) is 0 Å². The molecule has 2 N–H and O–H groups in total. The molecule has 0 aliphatic carbocycles. The first-order chi connectivity index (χ1) is 8.16. The van der Waals surface area contributed by atoms with Crippen LogP contribution in [0.2, 0.25) is 0 Å². The summed E-state index contributed by atoms with van der Waals surface area (Å²) in [6.45, 7) is 0. The van der Waals surface area contributed by atoms with Crippen LogP contribution in [0.15, 0.2) is 45.4 Å². The maximum atomic E-state index is 11.5. The Hall–Kier alpha value is -2.56. The van der Waals surface area contributed by atoms with E-state index < -0.39 is 5.91 Å². The average Bonchev–Trinajstić information content (AvgIpc) is 2.97. The number of carbonyl (C=O) groups excluding carboxylic acids is 2. The number of amides is 1. The van der Waals surface area contributed by atoms with Gasteiger partial charge >= 0.3 is 0 Å². The summed E-state index contributed by atoms with van der Waals surface area (Å²) in [6, 6.07) is 6.17. The third-order valence-electron chi connectivity index (χ3n) is 2.03. The standard InChI is InChI=1S/C12H9NO4/c13-12(15)11-6-4-8(17-11)3-5-9(14)10-2-1-7-16-10/h1-7H,(H2,13,15). The van der Waals surface area contributed by atoms with Crippen LogP contribution in [-0.2, 0) is 0 Å². The smallest absolute Gasteiger partial charge is 0.284 e. The van der Waals surface area contributed by atoms with Gasteiger partial charge in [0.25, 0.3) is 5.91 Å². The second-order valence-corrected chi connectivity index (χ2v) is 3.24. The minimum Gasteiger partial charge on any atom is -0.461 e. The van der Waals surface area contributed by atoms with E-state index in [2.05, 4.69) is 0 Å². The lowest BCUT2D eigenvalue weighted by Gasteiger charge is -1.88. The highest BCUT2D eigenvalue weighted by atomic mass is 16.4. The molecule has 0 aliphatic heterocycles. The molecule has 0 radical (unpaired) electrons.